The highest BCUT2D eigenvalue weighted by Gasteiger charge is 2.15. The summed E-state index contributed by atoms with van der Waals surface area (Å²) in [7, 11) is -3.67. The van der Waals surface area contributed by atoms with Crippen LogP contribution in [0.2, 0.25) is 0 Å². The van der Waals surface area contributed by atoms with Crippen molar-refractivity contribution >= 4 is 33.0 Å². The molecule has 3 rings (SSSR count). The van der Waals surface area contributed by atoms with Crippen LogP contribution in [0.4, 0.5) is 17.1 Å². The maximum absolute atomic E-state index is 12.5. The number of nitrogens with one attached hydrogen (secondary N) is 2. The van der Waals surface area contributed by atoms with Gasteiger partial charge in [0.1, 0.15) is 0 Å². The number of benzene rings is 2. The van der Waals surface area contributed by atoms with Crippen molar-refractivity contribution in [3.63, 3.8) is 0 Å². The summed E-state index contributed by atoms with van der Waals surface area (Å²) in [6.45, 7) is 3.50. The van der Waals surface area contributed by atoms with Crippen LogP contribution in [-0.2, 0) is 14.8 Å². The Morgan fingerprint density at radius 3 is 2.04 bits per heavy atom. The molecule has 1 amide bonds. The normalized spacial score (nSPS) is 14.4. The van der Waals surface area contributed by atoms with E-state index in [4.69, 9.17) is 0 Å². The number of hydrogen-bond acceptors (Lipinski definition) is 4. The van der Waals surface area contributed by atoms with Gasteiger partial charge in [-0.15, -0.1) is 0 Å². The molecule has 7 heteroatoms. The Hall–Kier alpha value is -2.54. The molecule has 0 bridgehead atoms. The van der Waals surface area contributed by atoms with Crippen molar-refractivity contribution < 1.29 is 13.2 Å². The van der Waals surface area contributed by atoms with Gasteiger partial charge in [0.05, 0.1) is 4.90 Å². The summed E-state index contributed by atoms with van der Waals surface area (Å²) in [6, 6.07) is 13.5. The number of rotatable bonds is 5. The van der Waals surface area contributed by atoms with Gasteiger partial charge in [0, 0.05) is 37.1 Å². The van der Waals surface area contributed by atoms with Gasteiger partial charge in [0.2, 0.25) is 5.91 Å². The number of anilines is 3. The largest absolute Gasteiger partial charge is 0.372 e. The van der Waals surface area contributed by atoms with Gasteiger partial charge in [-0.2, -0.15) is 0 Å². The van der Waals surface area contributed by atoms with E-state index in [2.05, 4.69) is 14.9 Å². The first-order valence-corrected chi connectivity index (χ1v) is 9.68. The maximum Gasteiger partial charge on any atom is 0.261 e. The van der Waals surface area contributed by atoms with Gasteiger partial charge in [0.15, 0.2) is 0 Å². The fraction of sp³-hybridized carbons (Fsp3) is 0.278. The number of carbonyl (C=O) groups is 1. The van der Waals surface area contributed by atoms with Crippen LogP contribution < -0.4 is 14.9 Å². The highest BCUT2D eigenvalue weighted by molar-refractivity contribution is 7.92. The van der Waals surface area contributed by atoms with Crippen LogP contribution in [0, 0.1) is 0 Å². The van der Waals surface area contributed by atoms with Crippen LogP contribution in [0.15, 0.2) is 53.4 Å². The summed E-state index contributed by atoms with van der Waals surface area (Å²) in [6.07, 6.45) is 2.39. The minimum Gasteiger partial charge on any atom is -0.372 e. The molecule has 2 N–H and O–H groups in total. The summed E-state index contributed by atoms with van der Waals surface area (Å²) in [5, 5.41) is 2.61. The summed E-state index contributed by atoms with van der Waals surface area (Å²) in [5.41, 5.74) is 2.19. The molecule has 0 aliphatic carbocycles. The lowest BCUT2D eigenvalue weighted by Gasteiger charge is -2.18. The third-order valence-electron chi connectivity index (χ3n) is 4.08. The first-order valence-electron chi connectivity index (χ1n) is 8.19. The van der Waals surface area contributed by atoms with E-state index in [0.717, 1.165) is 18.8 Å². The van der Waals surface area contributed by atoms with E-state index in [1.54, 1.807) is 24.3 Å². The Kier molecular flexibility index (Phi) is 4.94. The fourth-order valence-corrected chi connectivity index (χ4v) is 3.91. The topological polar surface area (TPSA) is 78.5 Å². The molecule has 0 radical (unpaired) electrons. The van der Waals surface area contributed by atoms with Crippen LogP contribution >= 0.6 is 0 Å². The van der Waals surface area contributed by atoms with Gasteiger partial charge >= 0.3 is 0 Å². The maximum atomic E-state index is 12.5. The average molecular weight is 359 g/mol. The zero-order valence-electron chi connectivity index (χ0n) is 14.0. The Morgan fingerprint density at radius 2 is 1.48 bits per heavy atom. The van der Waals surface area contributed by atoms with Gasteiger partial charge in [-0.05, 0) is 61.4 Å². The predicted octanol–water partition coefficient (Wildman–Crippen LogP) is 3.05. The molecule has 25 heavy (non-hydrogen) atoms. The van der Waals surface area contributed by atoms with Gasteiger partial charge in [-0.1, -0.05) is 0 Å². The molecule has 1 aliphatic rings. The average Bonchev–Trinajstić information content (AvgIpc) is 3.09. The Balaban J connectivity index is 1.71. The van der Waals surface area contributed by atoms with Crippen molar-refractivity contribution in [2.75, 3.05) is 28.0 Å². The Bertz CT molecular complexity index is 840. The highest BCUT2D eigenvalue weighted by Crippen LogP contribution is 2.24. The first-order chi connectivity index (χ1) is 11.9. The number of amides is 1. The van der Waals surface area contributed by atoms with Gasteiger partial charge < -0.3 is 10.2 Å². The monoisotopic (exact) mass is 359 g/mol. The molecule has 0 atom stereocenters. The van der Waals surface area contributed by atoms with E-state index in [1.807, 2.05) is 12.1 Å². The van der Waals surface area contributed by atoms with Gasteiger partial charge in [0.25, 0.3) is 10.0 Å². The second-order valence-corrected chi connectivity index (χ2v) is 7.73. The molecule has 2 aromatic rings. The third-order valence-corrected chi connectivity index (χ3v) is 5.47. The van der Waals surface area contributed by atoms with Crippen molar-refractivity contribution in [1.29, 1.82) is 0 Å². The van der Waals surface area contributed by atoms with Crippen molar-refractivity contribution in [3.8, 4) is 0 Å². The van der Waals surface area contributed by atoms with Crippen LogP contribution in [0.3, 0.4) is 0 Å². The Morgan fingerprint density at radius 1 is 0.920 bits per heavy atom. The molecule has 1 fully saturated rings. The van der Waals surface area contributed by atoms with Gasteiger partial charge in [-0.25, -0.2) is 8.42 Å². The molecule has 1 saturated heterocycles. The lowest BCUT2D eigenvalue weighted by Crippen LogP contribution is -2.17. The molecule has 2 aromatic carbocycles. The highest BCUT2D eigenvalue weighted by atomic mass is 32.2. The quantitative estimate of drug-likeness (QED) is 0.860. The minimum absolute atomic E-state index is 0.144. The van der Waals surface area contributed by atoms with E-state index < -0.39 is 10.0 Å². The summed E-state index contributed by atoms with van der Waals surface area (Å²) < 4.78 is 27.5. The molecule has 0 unspecified atom stereocenters. The molecular weight excluding hydrogens is 338 g/mol. The standard InChI is InChI=1S/C18H21N3O3S/c1-14(22)19-15-6-10-18(11-7-15)25(23,24)20-16-4-8-17(9-5-16)21-12-2-3-13-21/h4-11,20H,2-3,12-13H2,1H3,(H,19,22). The van der Waals surface area contributed by atoms with E-state index in [9.17, 15) is 13.2 Å². The summed E-state index contributed by atoms with van der Waals surface area (Å²) >= 11 is 0. The number of hydrogen-bond donors (Lipinski definition) is 2. The predicted molar refractivity (Wildman–Crippen MR) is 99.4 cm³/mol. The zero-order chi connectivity index (χ0) is 17.9. The van der Waals surface area contributed by atoms with Crippen molar-refractivity contribution in [2.24, 2.45) is 0 Å². The smallest absolute Gasteiger partial charge is 0.261 e. The second-order valence-electron chi connectivity index (χ2n) is 6.05. The Labute approximate surface area is 147 Å². The van der Waals surface area contributed by atoms with E-state index >= 15 is 0 Å². The van der Waals surface area contributed by atoms with Crippen LogP contribution in [0.1, 0.15) is 19.8 Å². The summed E-state index contributed by atoms with van der Waals surface area (Å²) in [5.74, 6) is -0.202. The van der Waals surface area contributed by atoms with Crippen LogP contribution in [-0.4, -0.2) is 27.4 Å². The van der Waals surface area contributed by atoms with Gasteiger partial charge in [-0.3, -0.25) is 9.52 Å². The molecule has 0 spiro atoms. The third kappa shape index (κ3) is 4.30. The summed E-state index contributed by atoms with van der Waals surface area (Å²) in [4.78, 5) is 13.4. The lowest BCUT2D eigenvalue weighted by atomic mass is 10.2. The first kappa shape index (κ1) is 17.3. The number of sulfonamides is 1. The number of nitrogens with zero attached hydrogens (tertiary/aromatic N) is 1. The molecule has 132 valence electrons. The molecule has 6 nitrogen and oxygen atoms in total. The molecule has 0 saturated carbocycles. The van der Waals surface area contributed by atoms with Crippen molar-refractivity contribution in [2.45, 2.75) is 24.7 Å². The van der Waals surface area contributed by atoms with E-state index in [1.165, 1.54) is 31.9 Å². The lowest BCUT2D eigenvalue weighted by molar-refractivity contribution is -0.114. The SMILES string of the molecule is CC(=O)Nc1ccc(S(=O)(=O)Nc2ccc(N3CCCC3)cc2)cc1. The number of carbonyl (C=O) groups excluding carboxylic acids is 1. The molecule has 1 heterocycles. The molecular formula is C18H21N3O3S. The molecule has 1 aliphatic heterocycles. The van der Waals surface area contributed by atoms with E-state index in [-0.39, 0.29) is 10.8 Å². The van der Waals surface area contributed by atoms with Crippen LogP contribution in [0.25, 0.3) is 0 Å². The minimum atomic E-state index is -3.67. The van der Waals surface area contributed by atoms with Crippen molar-refractivity contribution in [1.82, 2.24) is 0 Å². The second kappa shape index (κ2) is 7.14. The zero-order valence-corrected chi connectivity index (χ0v) is 14.8. The van der Waals surface area contributed by atoms with Crippen LogP contribution in [0.5, 0.6) is 0 Å². The van der Waals surface area contributed by atoms with E-state index in [0.29, 0.717) is 11.4 Å². The van der Waals surface area contributed by atoms with Crippen molar-refractivity contribution in [3.05, 3.63) is 48.5 Å². The molecule has 0 aromatic heterocycles. The fourth-order valence-electron chi connectivity index (χ4n) is 2.85.